The van der Waals surface area contributed by atoms with Crippen LogP contribution >= 0.6 is 11.6 Å². The van der Waals surface area contributed by atoms with Gasteiger partial charge in [-0.1, -0.05) is 23.7 Å². The number of methoxy groups -OCH3 is 1. The molecule has 2 saturated heterocycles. The van der Waals surface area contributed by atoms with Crippen LogP contribution in [0.2, 0.25) is 5.02 Å². The van der Waals surface area contributed by atoms with Crippen molar-refractivity contribution in [3.8, 4) is 0 Å². The maximum Gasteiger partial charge on any atom is 0.252 e. The van der Waals surface area contributed by atoms with Crippen molar-refractivity contribution in [2.24, 2.45) is 0 Å². The maximum atomic E-state index is 12.7. The molecule has 2 N–H and O–H groups in total. The van der Waals surface area contributed by atoms with Gasteiger partial charge in [-0.05, 0) is 44.5 Å². The van der Waals surface area contributed by atoms with Crippen LogP contribution in [0.15, 0.2) is 24.3 Å². The molecule has 1 aromatic rings. The number of hydrogen-bond donors (Lipinski definition) is 2. The van der Waals surface area contributed by atoms with Crippen LogP contribution in [0.4, 0.5) is 5.69 Å². The second-order valence-electron chi connectivity index (χ2n) is 6.20. The van der Waals surface area contributed by atoms with Gasteiger partial charge in [0.2, 0.25) is 5.91 Å². The number of nitrogens with one attached hydrogen (secondary N) is 2. The fourth-order valence-corrected chi connectivity index (χ4v) is 3.61. The summed E-state index contributed by atoms with van der Waals surface area (Å²) < 4.78 is 5.52. The number of amides is 2. The van der Waals surface area contributed by atoms with Gasteiger partial charge < -0.3 is 20.3 Å². The van der Waals surface area contributed by atoms with Crippen molar-refractivity contribution in [2.45, 2.75) is 30.9 Å². The number of anilines is 1. The third kappa shape index (κ3) is 3.14. The summed E-state index contributed by atoms with van der Waals surface area (Å²) in [5, 5.41) is 6.63. The van der Waals surface area contributed by atoms with Crippen molar-refractivity contribution in [1.29, 1.82) is 0 Å². The van der Waals surface area contributed by atoms with Crippen molar-refractivity contribution in [3.63, 3.8) is 0 Å². The number of carbonyl (C=O) groups excluding carboxylic acids is 2. The van der Waals surface area contributed by atoms with E-state index in [1.165, 1.54) is 0 Å². The highest BCUT2D eigenvalue weighted by atomic mass is 35.5. The molecule has 2 aliphatic rings. The number of benzene rings is 1. The summed E-state index contributed by atoms with van der Waals surface area (Å²) in [6.45, 7) is 1.99. The fraction of sp³-hybridized carbons (Fsp3) is 0.529. The van der Waals surface area contributed by atoms with E-state index < -0.39 is 11.6 Å². The number of halogens is 1. The minimum atomic E-state index is -0.844. The van der Waals surface area contributed by atoms with Crippen LogP contribution in [0.3, 0.4) is 0 Å². The molecule has 0 aromatic heterocycles. The van der Waals surface area contributed by atoms with Crippen LogP contribution < -0.4 is 15.5 Å². The molecule has 6 nitrogen and oxygen atoms in total. The first kappa shape index (κ1) is 17.2. The van der Waals surface area contributed by atoms with Crippen molar-refractivity contribution in [2.75, 3.05) is 31.6 Å². The van der Waals surface area contributed by atoms with Gasteiger partial charge in [-0.15, -0.1) is 0 Å². The summed E-state index contributed by atoms with van der Waals surface area (Å²) in [5.74, 6) is -0.331. The van der Waals surface area contributed by atoms with Gasteiger partial charge in [0.15, 0.2) is 0 Å². The van der Waals surface area contributed by atoms with Gasteiger partial charge in [-0.25, -0.2) is 0 Å². The third-order valence-electron chi connectivity index (χ3n) is 4.87. The number of piperidine rings is 1. The lowest BCUT2D eigenvalue weighted by Gasteiger charge is -2.35. The summed E-state index contributed by atoms with van der Waals surface area (Å²) in [6, 6.07) is 6.70. The van der Waals surface area contributed by atoms with E-state index in [1.807, 2.05) is 18.2 Å². The zero-order valence-electron chi connectivity index (χ0n) is 13.7. The molecular formula is C17H22ClN3O3. The Morgan fingerprint density at radius 2 is 2.08 bits per heavy atom. The standard InChI is InChI=1S/C17H22ClN3O3/c1-24-17(7-9-19-10-8-17)16(23)20-13-6-11-21(15(13)22)14-5-3-2-4-12(14)18/h2-5,13,19H,6-11H2,1H3,(H,20,23). The van der Waals surface area contributed by atoms with Gasteiger partial charge in [0.25, 0.3) is 5.91 Å². The lowest BCUT2D eigenvalue weighted by atomic mass is 9.90. The predicted molar refractivity (Wildman–Crippen MR) is 92.2 cm³/mol. The second kappa shape index (κ2) is 7.09. The maximum absolute atomic E-state index is 12.7. The average Bonchev–Trinajstić information content (AvgIpc) is 2.96. The molecule has 0 radical (unpaired) electrons. The van der Waals surface area contributed by atoms with E-state index >= 15 is 0 Å². The molecule has 2 fully saturated rings. The van der Waals surface area contributed by atoms with Gasteiger partial charge in [0, 0.05) is 13.7 Å². The number of rotatable bonds is 4. The Balaban J connectivity index is 1.69. The van der Waals surface area contributed by atoms with E-state index in [0.29, 0.717) is 36.5 Å². The number of ether oxygens (including phenoxy) is 1. The first-order valence-electron chi connectivity index (χ1n) is 8.20. The lowest BCUT2D eigenvalue weighted by Crippen LogP contribution is -2.57. The molecule has 1 aromatic carbocycles. The molecule has 0 bridgehead atoms. The molecular weight excluding hydrogens is 330 g/mol. The van der Waals surface area contributed by atoms with Crippen LogP contribution in [0.25, 0.3) is 0 Å². The minimum absolute atomic E-state index is 0.128. The molecule has 7 heteroatoms. The Labute approximate surface area is 146 Å². The molecule has 130 valence electrons. The predicted octanol–water partition coefficient (Wildman–Crippen LogP) is 1.33. The number of carbonyl (C=O) groups is 2. The summed E-state index contributed by atoms with van der Waals surface area (Å²) in [7, 11) is 1.55. The first-order valence-corrected chi connectivity index (χ1v) is 8.58. The molecule has 24 heavy (non-hydrogen) atoms. The van der Waals surface area contributed by atoms with Gasteiger partial charge in [-0.3, -0.25) is 9.59 Å². The van der Waals surface area contributed by atoms with E-state index in [1.54, 1.807) is 18.1 Å². The van der Waals surface area contributed by atoms with E-state index in [-0.39, 0.29) is 11.8 Å². The van der Waals surface area contributed by atoms with Gasteiger partial charge in [-0.2, -0.15) is 0 Å². The van der Waals surface area contributed by atoms with Crippen molar-refractivity contribution in [1.82, 2.24) is 10.6 Å². The SMILES string of the molecule is COC1(C(=O)NC2CCN(c3ccccc3Cl)C2=O)CCNCC1. The smallest absolute Gasteiger partial charge is 0.252 e. The molecule has 1 unspecified atom stereocenters. The fourth-order valence-electron chi connectivity index (χ4n) is 3.37. The van der Waals surface area contributed by atoms with Crippen molar-refractivity contribution in [3.05, 3.63) is 29.3 Å². The van der Waals surface area contributed by atoms with Crippen LogP contribution in [0.5, 0.6) is 0 Å². The average molecular weight is 352 g/mol. The highest BCUT2D eigenvalue weighted by Crippen LogP contribution is 2.29. The second-order valence-corrected chi connectivity index (χ2v) is 6.61. The molecule has 3 rings (SSSR count). The summed E-state index contributed by atoms with van der Waals surface area (Å²) in [4.78, 5) is 27.0. The first-order chi connectivity index (χ1) is 11.6. The summed E-state index contributed by atoms with van der Waals surface area (Å²) in [5.41, 5.74) is -0.159. The van der Waals surface area contributed by atoms with E-state index in [9.17, 15) is 9.59 Å². The van der Waals surface area contributed by atoms with Gasteiger partial charge in [0.1, 0.15) is 11.6 Å². The summed E-state index contributed by atoms with van der Waals surface area (Å²) in [6.07, 6.45) is 1.77. The Morgan fingerprint density at radius 3 is 2.75 bits per heavy atom. The number of hydrogen-bond acceptors (Lipinski definition) is 4. The normalized spacial score (nSPS) is 23.3. The van der Waals surface area contributed by atoms with E-state index in [0.717, 1.165) is 13.1 Å². The topological polar surface area (TPSA) is 70.7 Å². The zero-order chi connectivity index (χ0) is 17.2. The van der Waals surface area contributed by atoms with Gasteiger partial charge in [0.05, 0.1) is 10.7 Å². The lowest BCUT2D eigenvalue weighted by molar-refractivity contribution is -0.148. The molecule has 2 amide bonds. The van der Waals surface area contributed by atoms with E-state index in [4.69, 9.17) is 16.3 Å². The monoisotopic (exact) mass is 351 g/mol. The molecule has 2 aliphatic heterocycles. The molecule has 2 heterocycles. The van der Waals surface area contributed by atoms with Crippen LogP contribution in [0, 0.1) is 0 Å². The zero-order valence-corrected chi connectivity index (χ0v) is 14.4. The van der Waals surface area contributed by atoms with E-state index in [2.05, 4.69) is 10.6 Å². The minimum Gasteiger partial charge on any atom is -0.368 e. The van der Waals surface area contributed by atoms with Crippen molar-refractivity contribution >= 4 is 29.1 Å². The van der Waals surface area contributed by atoms with Crippen LogP contribution in [-0.2, 0) is 14.3 Å². The highest BCUT2D eigenvalue weighted by Gasteiger charge is 2.43. The van der Waals surface area contributed by atoms with Crippen LogP contribution in [0.1, 0.15) is 19.3 Å². The number of para-hydroxylation sites is 1. The molecule has 1 atom stereocenters. The molecule has 0 spiro atoms. The van der Waals surface area contributed by atoms with Crippen LogP contribution in [-0.4, -0.2) is 50.2 Å². The Bertz CT molecular complexity index is 631. The Morgan fingerprint density at radius 1 is 1.38 bits per heavy atom. The Hall–Kier alpha value is -1.63. The third-order valence-corrected chi connectivity index (χ3v) is 5.19. The van der Waals surface area contributed by atoms with Gasteiger partial charge >= 0.3 is 0 Å². The molecule has 0 saturated carbocycles. The van der Waals surface area contributed by atoms with Crippen molar-refractivity contribution < 1.29 is 14.3 Å². The number of nitrogens with zero attached hydrogens (tertiary/aromatic N) is 1. The highest BCUT2D eigenvalue weighted by molar-refractivity contribution is 6.34. The largest absolute Gasteiger partial charge is 0.368 e. The summed E-state index contributed by atoms with van der Waals surface area (Å²) >= 11 is 6.18. The quantitative estimate of drug-likeness (QED) is 0.858. The Kier molecular flexibility index (Phi) is 5.08. The molecule has 0 aliphatic carbocycles.